The Morgan fingerprint density at radius 2 is 2.00 bits per heavy atom. The van der Waals surface area contributed by atoms with Gasteiger partial charge in [0.2, 0.25) is 5.91 Å². The van der Waals surface area contributed by atoms with E-state index in [-0.39, 0.29) is 18.4 Å². The van der Waals surface area contributed by atoms with Crippen LogP contribution >= 0.6 is 22.7 Å². The summed E-state index contributed by atoms with van der Waals surface area (Å²) in [6.07, 6.45) is 3.35. The number of hydrogen-bond acceptors (Lipinski definition) is 6. The van der Waals surface area contributed by atoms with Crippen LogP contribution < -0.4 is 4.90 Å². The number of carbonyl (C=O) groups is 1. The summed E-state index contributed by atoms with van der Waals surface area (Å²) in [6.45, 7) is 3.45. The second kappa shape index (κ2) is 9.48. The highest BCUT2D eigenvalue weighted by molar-refractivity contribution is 7.22. The van der Waals surface area contributed by atoms with Gasteiger partial charge in [0.25, 0.3) is 0 Å². The number of fused-ring (bicyclic) bond motifs is 1. The molecule has 164 valence electrons. The fourth-order valence-corrected chi connectivity index (χ4v) is 5.73. The molecule has 0 bridgehead atoms. The maximum absolute atomic E-state index is 13.4. The van der Waals surface area contributed by atoms with Gasteiger partial charge in [0.15, 0.2) is 5.13 Å². The van der Waals surface area contributed by atoms with Crippen molar-refractivity contribution >= 4 is 43.9 Å². The van der Waals surface area contributed by atoms with Crippen LogP contribution in [0.3, 0.4) is 0 Å². The predicted octanol–water partition coefficient (Wildman–Crippen LogP) is 5.74. The molecule has 1 unspecified atom stereocenters. The molecular formula is C25H25N3O2S2. The third-order valence-electron chi connectivity index (χ3n) is 5.72. The average Bonchev–Trinajstić information content (AvgIpc) is 3.58. The number of amides is 1. The van der Waals surface area contributed by atoms with Gasteiger partial charge in [-0.25, -0.2) is 9.97 Å². The van der Waals surface area contributed by atoms with E-state index in [4.69, 9.17) is 14.7 Å². The minimum atomic E-state index is 0.0118. The molecule has 1 aliphatic rings. The lowest BCUT2D eigenvalue weighted by Crippen LogP contribution is -2.38. The van der Waals surface area contributed by atoms with Gasteiger partial charge in [-0.2, -0.15) is 0 Å². The van der Waals surface area contributed by atoms with E-state index in [1.165, 1.54) is 5.56 Å². The average molecular weight is 464 g/mol. The molecule has 5 nitrogen and oxygen atoms in total. The Bertz CT molecular complexity index is 1180. The number of hydrogen-bond donors (Lipinski definition) is 0. The van der Waals surface area contributed by atoms with Gasteiger partial charge in [0.1, 0.15) is 5.01 Å². The van der Waals surface area contributed by atoms with Crippen LogP contribution in [0, 0.1) is 0 Å². The number of benzene rings is 2. The van der Waals surface area contributed by atoms with Crippen LogP contribution in [0.15, 0.2) is 53.9 Å². The van der Waals surface area contributed by atoms with Crippen LogP contribution in [0.25, 0.3) is 20.8 Å². The Hall–Kier alpha value is -2.61. The van der Waals surface area contributed by atoms with Gasteiger partial charge < -0.3 is 4.74 Å². The highest BCUT2D eigenvalue weighted by Crippen LogP contribution is 2.31. The zero-order valence-electron chi connectivity index (χ0n) is 18.0. The lowest BCUT2D eigenvalue weighted by molar-refractivity contribution is -0.118. The van der Waals surface area contributed by atoms with Gasteiger partial charge in [-0.05, 0) is 37.0 Å². The Balaban J connectivity index is 1.36. The Morgan fingerprint density at radius 3 is 2.75 bits per heavy atom. The number of nitrogens with zero attached hydrogens (tertiary/aromatic N) is 3. The maximum atomic E-state index is 13.4. The molecule has 0 radical (unpaired) electrons. The first kappa shape index (κ1) is 21.2. The predicted molar refractivity (Wildman–Crippen MR) is 132 cm³/mol. The summed E-state index contributed by atoms with van der Waals surface area (Å²) in [7, 11) is 0. The minimum Gasteiger partial charge on any atom is -0.376 e. The van der Waals surface area contributed by atoms with Crippen molar-refractivity contribution in [1.82, 2.24) is 9.97 Å². The molecule has 3 heterocycles. The van der Waals surface area contributed by atoms with Crippen LogP contribution in [0.1, 0.15) is 31.0 Å². The van der Waals surface area contributed by atoms with Gasteiger partial charge in [0, 0.05) is 17.6 Å². The Kier molecular flexibility index (Phi) is 6.30. The SMILES string of the molecule is CCc1ccc(-c2nc(CC(=O)N(CC3CCCO3)c3nc4ccccc4s3)cs2)cc1. The molecule has 0 saturated carbocycles. The number of para-hydroxylation sites is 1. The van der Waals surface area contributed by atoms with Crippen molar-refractivity contribution in [2.75, 3.05) is 18.1 Å². The summed E-state index contributed by atoms with van der Waals surface area (Å²) in [5.41, 5.74) is 4.12. The second-order valence-electron chi connectivity index (χ2n) is 7.97. The van der Waals surface area contributed by atoms with Gasteiger partial charge in [-0.3, -0.25) is 9.69 Å². The molecule has 0 N–H and O–H groups in total. The number of aryl methyl sites for hydroxylation is 1. The largest absolute Gasteiger partial charge is 0.376 e. The van der Waals surface area contributed by atoms with E-state index < -0.39 is 0 Å². The zero-order valence-corrected chi connectivity index (χ0v) is 19.6. The number of thiazole rings is 2. The van der Waals surface area contributed by atoms with Crippen LogP contribution in [-0.4, -0.2) is 35.1 Å². The van der Waals surface area contributed by atoms with Crippen LogP contribution in [0.4, 0.5) is 5.13 Å². The highest BCUT2D eigenvalue weighted by Gasteiger charge is 2.26. The number of ether oxygens (including phenoxy) is 1. The third-order valence-corrected chi connectivity index (χ3v) is 7.72. The van der Waals surface area contributed by atoms with E-state index in [9.17, 15) is 4.79 Å². The fourth-order valence-electron chi connectivity index (χ4n) is 3.91. The molecule has 1 amide bonds. The van der Waals surface area contributed by atoms with E-state index >= 15 is 0 Å². The van der Waals surface area contributed by atoms with Gasteiger partial charge in [0.05, 0.1) is 35.0 Å². The summed E-state index contributed by atoms with van der Waals surface area (Å²) in [5.74, 6) is 0.0118. The van der Waals surface area contributed by atoms with E-state index in [0.717, 1.165) is 57.5 Å². The van der Waals surface area contributed by atoms with Crippen LogP contribution in [0.5, 0.6) is 0 Å². The number of aromatic nitrogens is 2. The molecule has 1 fully saturated rings. The fraction of sp³-hybridized carbons (Fsp3) is 0.320. The van der Waals surface area contributed by atoms with E-state index in [1.54, 1.807) is 27.6 Å². The first-order valence-electron chi connectivity index (χ1n) is 11.0. The molecular weight excluding hydrogens is 438 g/mol. The van der Waals surface area contributed by atoms with Gasteiger partial charge in [-0.15, -0.1) is 11.3 Å². The first-order chi connectivity index (χ1) is 15.7. The molecule has 0 spiro atoms. The molecule has 4 aromatic rings. The van der Waals surface area contributed by atoms with Crippen molar-refractivity contribution in [2.45, 2.75) is 38.7 Å². The summed E-state index contributed by atoms with van der Waals surface area (Å²) in [6, 6.07) is 16.5. The third kappa shape index (κ3) is 4.60. The second-order valence-corrected chi connectivity index (χ2v) is 9.84. The molecule has 1 atom stereocenters. The lowest BCUT2D eigenvalue weighted by atomic mass is 10.1. The van der Waals surface area contributed by atoms with Crippen molar-refractivity contribution in [3.05, 3.63) is 65.2 Å². The van der Waals surface area contributed by atoms with E-state index in [1.807, 2.05) is 29.6 Å². The van der Waals surface area contributed by atoms with Crippen molar-refractivity contribution < 1.29 is 9.53 Å². The monoisotopic (exact) mass is 463 g/mol. The Morgan fingerprint density at radius 1 is 1.16 bits per heavy atom. The molecule has 1 saturated heterocycles. The zero-order chi connectivity index (χ0) is 21.9. The Labute approximate surface area is 195 Å². The normalized spacial score (nSPS) is 16.0. The smallest absolute Gasteiger partial charge is 0.234 e. The summed E-state index contributed by atoms with van der Waals surface area (Å²) >= 11 is 3.14. The summed E-state index contributed by atoms with van der Waals surface area (Å²) in [5, 5.41) is 3.67. The van der Waals surface area contributed by atoms with E-state index in [0.29, 0.717) is 6.54 Å². The molecule has 5 rings (SSSR count). The summed E-state index contributed by atoms with van der Waals surface area (Å²) < 4.78 is 6.91. The summed E-state index contributed by atoms with van der Waals surface area (Å²) in [4.78, 5) is 24.7. The quantitative estimate of drug-likeness (QED) is 0.351. The highest BCUT2D eigenvalue weighted by atomic mass is 32.1. The van der Waals surface area contributed by atoms with Crippen LogP contribution in [0.2, 0.25) is 0 Å². The first-order valence-corrected chi connectivity index (χ1v) is 12.7. The maximum Gasteiger partial charge on any atom is 0.234 e. The lowest BCUT2D eigenvalue weighted by Gasteiger charge is -2.22. The molecule has 2 aromatic heterocycles. The van der Waals surface area contributed by atoms with Crippen molar-refractivity contribution in [3.63, 3.8) is 0 Å². The van der Waals surface area contributed by atoms with Gasteiger partial charge >= 0.3 is 0 Å². The molecule has 2 aromatic carbocycles. The van der Waals surface area contributed by atoms with Crippen molar-refractivity contribution in [3.8, 4) is 10.6 Å². The minimum absolute atomic E-state index is 0.0118. The number of rotatable bonds is 7. The molecule has 1 aliphatic heterocycles. The van der Waals surface area contributed by atoms with Crippen molar-refractivity contribution in [2.24, 2.45) is 0 Å². The topological polar surface area (TPSA) is 55.3 Å². The van der Waals surface area contributed by atoms with E-state index in [2.05, 4.69) is 31.2 Å². The van der Waals surface area contributed by atoms with Gasteiger partial charge in [-0.1, -0.05) is 54.7 Å². The molecule has 0 aliphatic carbocycles. The molecule has 7 heteroatoms. The standard InChI is InChI=1S/C25H25N3O2S2/c1-2-17-9-11-18(12-10-17)24-26-19(16-31-24)14-23(29)28(15-20-6-5-13-30-20)25-27-21-7-3-4-8-22(21)32-25/h3-4,7-12,16,20H,2,5-6,13-15H2,1H3. The van der Waals surface area contributed by atoms with Crippen molar-refractivity contribution in [1.29, 1.82) is 0 Å². The van der Waals surface area contributed by atoms with Crippen LogP contribution in [-0.2, 0) is 22.4 Å². The molecule has 32 heavy (non-hydrogen) atoms. The number of carbonyl (C=O) groups excluding carboxylic acids is 1. The number of anilines is 1.